The number of rotatable bonds is 17. The molecule has 220 valence electrons. The molecule has 3 unspecified atom stereocenters. The fourth-order valence-electron chi connectivity index (χ4n) is 5.09. The molecule has 1 aliphatic heterocycles. The third kappa shape index (κ3) is 9.26. The lowest BCUT2D eigenvalue weighted by Gasteiger charge is -2.38. The SMILES string of the molecule is C/C=C\C(=O)N(C=O)CCCCC(=O)N1CCC[C@@]1(C)C(=O)NCC(=O)N(C)C(C(C)CC)C(CC=O)OC. The third-order valence-corrected chi connectivity index (χ3v) is 7.67. The van der Waals surface area contributed by atoms with Gasteiger partial charge in [0, 0.05) is 40.1 Å². The maximum absolute atomic E-state index is 13.2. The van der Waals surface area contributed by atoms with Gasteiger partial charge in [0.1, 0.15) is 11.8 Å². The van der Waals surface area contributed by atoms with Crippen LogP contribution < -0.4 is 5.32 Å². The number of amides is 5. The first-order valence-corrected chi connectivity index (χ1v) is 13.7. The van der Waals surface area contributed by atoms with E-state index in [1.807, 2.05) is 13.8 Å². The molecule has 1 saturated heterocycles. The van der Waals surface area contributed by atoms with Crippen LogP contribution in [0.5, 0.6) is 0 Å². The zero-order valence-electron chi connectivity index (χ0n) is 24.3. The Morgan fingerprint density at radius 3 is 2.44 bits per heavy atom. The summed E-state index contributed by atoms with van der Waals surface area (Å²) in [5.74, 6) is -1.22. The summed E-state index contributed by atoms with van der Waals surface area (Å²) in [6.07, 6.45) is 6.85. The van der Waals surface area contributed by atoms with E-state index in [0.717, 1.165) is 17.6 Å². The van der Waals surface area contributed by atoms with E-state index in [1.54, 1.807) is 31.9 Å². The molecule has 1 N–H and O–H groups in total. The van der Waals surface area contributed by atoms with Gasteiger partial charge in [-0.3, -0.25) is 28.9 Å². The molecule has 0 bridgehead atoms. The van der Waals surface area contributed by atoms with Crippen molar-refractivity contribution in [1.29, 1.82) is 0 Å². The van der Waals surface area contributed by atoms with Crippen molar-refractivity contribution in [1.82, 2.24) is 20.0 Å². The highest BCUT2D eigenvalue weighted by Crippen LogP contribution is 2.30. The molecule has 11 heteroatoms. The Labute approximate surface area is 232 Å². The van der Waals surface area contributed by atoms with E-state index >= 15 is 0 Å². The minimum atomic E-state index is -1.07. The van der Waals surface area contributed by atoms with Gasteiger partial charge in [0.15, 0.2) is 0 Å². The Hall–Kier alpha value is -3.08. The Morgan fingerprint density at radius 1 is 1.18 bits per heavy atom. The first-order valence-electron chi connectivity index (χ1n) is 13.7. The highest BCUT2D eigenvalue weighted by Gasteiger charge is 2.45. The Morgan fingerprint density at radius 2 is 1.87 bits per heavy atom. The number of likely N-dealkylation sites (tertiary alicyclic amines) is 1. The smallest absolute Gasteiger partial charge is 0.252 e. The van der Waals surface area contributed by atoms with E-state index in [0.29, 0.717) is 38.6 Å². The van der Waals surface area contributed by atoms with Crippen molar-refractivity contribution in [2.24, 2.45) is 5.92 Å². The van der Waals surface area contributed by atoms with Crippen molar-refractivity contribution in [2.75, 3.05) is 33.8 Å². The fourth-order valence-corrected chi connectivity index (χ4v) is 5.09. The lowest BCUT2D eigenvalue weighted by atomic mass is 9.91. The van der Waals surface area contributed by atoms with Gasteiger partial charge in [0.2, 0.25) is 24.1 Å². The summed E-state index contributed by atoms with van der Waals surface area (Å²) < 4.78 is 5.50. The molecule has 0 aromatic carbocycles. The highest BCUT2D eigenvalue weighted by atomic mass is 16.5. The average molecular weight is 551 g/mol. The summed E-state index contributed by atoms with van der Waals surface area (Å²) in [6.45, 7) is 7.80. The minimum Gasteiger partial charge on any atom is -0.379 e. The lowest BCUT2D eigenvalue weighted by Crippen LogP contribution is -2.57. The molecule has 0 aromatic heterocycles. The number of carbonyl (C=O) groups excluding carboxylic acids is 6. The summed E-state index contributed by atoms with van der Waals surface area (Å²) in [6, 6.07) is -0.335. The molecule has 1 fully saturated rings. The van der Waals surface area contributed by atoms with E-state index in [2.05, 4.69) is 5.32 Å². The van der Waals surface area contributed by atoms with Crippen LogP contribution in [-0.4, -0.2) is 103 Å². The maximum Gasteiger partial charge on any atom is 0.252 e. The molecule has 1 heterocycles. The summed E-state index contributed by atoms with van der Waals surface area (Å²) in [7, 11) is 3.16. The zero-order chi connectivity index (χ0) is 29.6. The van der Waals surface area contributed by atoms with Crippen molar-refractivity contribution in [3.63, 3.8) is 0 Å². The van der Waals surface area contributed by atoms with Gasteiger partial charge in [-0.2, -0.15) is 0 Å². The lowest BCUT2D eigenvalue weighted by molar-refractivity contribution is -0.145. The van der Waals surface area contributed by atoms with Crippen molar-refractivity contribution >= 4 is 36.3 Å². The molecule has 0 aliphatic carbocycles. The molecule has 39 heavy (non-hydrogen) atoms. The van der Waals surface area contributed by atoms with Gasteiger partial charge in [0.05, 0.1) is 18.7 Å². The standard InChI is InChI=1S/C28H46N4O7/c1-7-12-23(35)31(20-34)16-10-9-13-24(36)32-17-11-15-28(32,4)27(38)29-19-25(37)30(5)26(21(3)8-2)22(39-6)14-18-33/h7,12,18,20-22,26H,8-11,13-17,19H2,1-6H3,(H,29,38)/b12-7-/t21?,22?,26?,28-/m0/s1. The maximum atomic E-state index is 13.2. The molecule has 0 spiro atoms. The van der Waals surface area contributed by atoms with E-state index in [1.165, 1.54) is 18.1 Å². The van der Waals surface area contributed by atoms with Crippen LogP contribution in [0.1, 0.15) is 72.6 Å². The number of allylic oxidation sites excluding steroid dienone is 1. The molecule has 0 saturated carbocycles. The summed E-state index contributed by atoms with van der Waals surface area (Å²) in [5, 5.41) is 2.72. The molecule has 0 radical (unpaired) electrons. The fraction of sp³-hybridized carbons (Fsp3) is 0.714. The number of nitrogens with zero attached hydrogens (tertiary/aromatic N) is 3. The molecular weight excluding hydrogens is 504 g/mol. The van der Waals surface area contributed by atoms with Crippen molar-refractivity contribution in [3.8, 4) is 0 Å². The van der Waals surface area contributed by atoms with E-state index in [-0.39, 0.29) is 49.7 Å². The number of hydrogen-bond acceptors (Lipinski definition) is 7. The van der Waals surface area contributed by atoms with Gasteiger partial charge in [0.25, 0.3) is 5.91 Å². The topological polar surface area (TPSA) is 133 Å². The largest absolute Gasteiger partial charge is 0.379 e. The zero-order valence-corrected chi connectivity index (χ0v) is 24.3. The van der Waals surface area contributed by atoms with Crippen LogP contribution in [-0.2, 0) is 33.5 Å². The van der Waals surface area contributed by atoms with Crippen molar-refractivity contribution < 1.29 is 33.5 Å². The van der Waals surface area contributed by atoms with Crippen molar-refractivity contribution in [2.45, 2.75) is 90.3 Å². The van der Waals surface area contributed by atoms with Crippen LogP contribution in [0.25, 0.3) is 0 Å². The normalized spacial score (nSPS) is 19.3. The number of imide groups is 1. The predicted octanol–water partition coefficient (Wildman–Crippen LogP) is 1.69. The summed E-state index contributed by atoms with van der Waals surface area (Å²) >= 11 is 0. The van der Waals surface area contributed by atoms with E-state index in [9.17, 15) is 28.8 Å². The summed E-state index contributed by atoms with van der Waals surface area (Å²) in [5.41, 5.74) is -1.07. The third-order valence-electron chi connectivity index (χ3n) is 7.67. The highest BCUT2D eigenvalue weighted by molar-refractivity contribution is 5.95. The van der Waals surface area contributed by atoms with Gasteiger partial charge in [-0.25, -0.2) is 0 Å². The Bertz CT molecular complexity index is 893. The number of likely N-dealkylation sites (N-methyl/N-ethyl adjacent to an activating group) is 1. The second kappa shape index (κ2) is 16.8. The Kier molecular flexibility index (Phi) is 14.6. The number of carbonyl (C=O) groups is 6. The number of methoxy groups -OCH3 is 1. The molecule has 1 aliphatic rings. The molecule has 11 nitrogen and oxygen atoms in total. The first-order chi connectivity index (χ1) is 18.5. The van der Waals surface area contributed by atoms with Gasteiger partial charge >= 0.3 is 0 Å². The number of hydrogen-bond donors (Lipinski definition) is 1. The van der Waals surface area contributed by atoms with Crippen LogP contribution in [0.2, 0.25) is 0 Å². The van der Waals surface area contributed by atoms with E-state index in [4.69, 9.17) is 4.74 Å². The van der Waals surface area contributed by atoms with Gasteiger partial charge < -0.3 is 24.6 Å². The van der Waals surface area contributed by atoms with Crippen LogP contribution in [0.15, 0.2) is 12.2 Å². The molecule has 0 aromatic rings. The quantitative estimate of drug-likeness (QED) is 0.166. The van der Waals surface area contributed by atoms with Crippen LogP contribution in [0.3, 0.4) is 0 Å². The van der Waals surface area contributed by atoms with Crippen LogP contribution in [0.4, 0.5) is 0 Å². The number of aldehydes is 1. The van der Waals surface area contributed by atoms with Crippen molar-refractivity contribution in [3.05, 3.63) is 12.2 Å². The van der Waals surface area contributed by atoms with Crippen LogP contribution in [0, 0.1) is 5.92 Å². The summed E-state index contributed by atoms with van der Waals surface area (Å²) in [4.78, 5) is 77.5. The van der Waals surface area contributed by atoms with Gasteiger partial charge in [-0.15, -0.1) is 0 Å². The second-order valence-electron chi connectivity index (χ2n) is 10.3. The minimum absolute atomic E-state index is 0.0693. The molecular formula is C28H46N4O7. The monoisotopic (exact) mass is 550 g/mol. The number of ether oxygens (including phenoxy) is 1. The molecule has 4 atom stereocenters. The van der Waals surface area contributed by atoms with Gasteiger partial charge in [-0.1, -0.05) is 26.3 Å². The molecule has 1 rings (SSSR count). The second-order valence-corrected chi connectivity index (χ2v) is 10.3. The predicted molar refractivity (Wildman–Crippen MR) is 146 cm³/mol. The first kappa shape index (κ1) is 33.9. The Balaban J connectivity index is 2.74. The van der Waals surface area contributed by atoms with Crippen LogP contribution >= 0.6 is 0 Å². The average Bonchev–Trinajstić information content (AvgIpc) is 3.33. The van der Waals surface area contributed by atoms with E-state index < -0.39 is 23.5 Å². The van der Waals surface area contributed by atoms with Gasteiger partial charge in [-0.05, 0) is 51.5 Å². The molecule has 5 amide bonds. The number of nitrogens with one attached hydrogen (secondary N) is 1. The number of unbranched alkanes of at least 4 members (excludes halogenated alkanes) is 1.